The number of anilines is 1. The number of nitro benzene ring substituents is 1. The van der Waals surface area contributed by atoms with E-state index in [-0.39, 0.29) is 16.9 Å². The highest BCUT2D eigenvalue weighted by molar-refractivity contribution is 5.97. The third-order valence-corrected chi connectivity index (χ3v) is 2.27. The molecule has 3 N–H and O–H groups in total. The number of carboxylic acids is 2. The zero-order chi connectivity index (χ0) is 14.6. The van der Waals surface area contributed by atoms with E-state index in [0.717, 1.165) is 0 Å². The summed E-state index contributed by atoms with van der Waals surface area (Å²) in [5, 5.41) is 30.4. The molecule has 0 fully saturated rings. The Morgan fingerprint density at radius 2 is 2.00 bits per heavy atom. The molecule has 1 aromatic rings. The van der Waals surface area contributed by atoms with Gasteiger partial charge in [0.2, 0.25) is 0 Å². The second kappa shape index (κ2) is 5.63. The molecule has 0 aliphatic carbocycles. The van der Waals surface area contributed by atoms with E-state index in [9.17, 15) is 19.7 Å². The lowest BCUT2D eigenvalue weighted by Crippen LogP contribution is -2.13. The van der Waals surface area contributed by atoms with Gasteiger partial charge in [-0.25, -0.2) is 9.59 Å². The Morgan fingerprint density at radius 3 is 2.47 bits per heavy atom. The fourth-order valence-electron chi connectivity index (χ4n) is 1.38. The molecule has 0 atom stereocenters. The molecule has 0 amide bonds. The first kappa shape index (κ1) is 14.2. The van der Waals surface area contributed by atoms with Crippen molar-refractivity contribution in [3.8, 4) is 0 Å². The zero-order valence-corrected chi connectivity index (χ0v) is 9.78. The average Bonchev–Trinajstić information content (AvgIpc) is 2.29. The van der Waals surface area contributed by atoms with Gasteiger partial charge in [0, 0.05) is 11.8 Å². The summed E-state index contributed by atoms with van der Waals surface area (Å²) in [7, 11) is 0. The normalized spacial score (nSPS) is 10.9. The van der Waals surface area contributed by atoms with E-state index < -0.39 is 22.6 Å². The van der Waals surface area contributed by atoms with Crippen LogP contribution in [-0.4, -0.2) is 27.1 Å². The van der Waals surface area contributed by atoms with Gasteiger partial charge in [-0.1, -0.05) is 6.07 Å². The summed E-state index contributed by atoms with van der Waals surface area (Å²) in [6, 6.07) is 4.05. The van der Waals surface area contributed by atoms with E-state index in [4.69, 9.17) is 10.2 Å². The van der Waals surface area contributed by atoms with Crippen LogP contribution in [0.25, 0.3) is 0 Å². The molecule has 0 radical (unpaired) electrons. The molecule has 100 valence electrons. The zero-order valence-electron chi connectivity index (χ0n) is 9.78. The summed E-state index contributed by atoms with van der Waals surface area (Å²) in [4.78, 5) is 31.4. The minimum absolute atomic E-state index is 0.157. The van der Waals surface area contributed by atoms with Gasteiger partial charge in [0.05, 0.1) is 16.6 Å². The summed E-state index contributed by atoms with van der Waals surface area (Å²) in [6.07, 6.45) is 0.473. The van der Waals surface area contributed by atoms with Gasteiger partial charge in [-0.15, -0.1) is 0 Å². The van der Waals surface area contributed by atoms with Crippen molar-refractivity contribution in [3.05, 3.63) is 45.6 Å². The summed E-state index contributed by atoms with van der Waals surface area (Å²) in [5.41, 5.74) is -0.407. The van der Waals surface area contributed by atoms with E-state index >= 15 is 0 Å². The topological polar surface area (TPSA) is 130 Å². The van der Waals surface area contributed by atoms with Crippen molar-refractivity contribution in [2.24, 2.45) is 0 Å². The van der Waals surface area contributed by atoms with Gasteiger partial charge in [0.25, 0.3) is 5.69 Å². The number of nitrogens with one attached hydrogen (secondary N) is 1. The number of aliphatic carboxylic acids is 2. The van der Waals surface area contributed by atoms with E-state index in [1.165, 1.54) is 25.1 Å². The fourth-order valence-corrected chi connectivity index (χ4v) is 1.38. The number of carboxylic acid groups (broad SMARTS) is 2. The van der Waals surface area contributed by atoms with Crippen LogP contribution >= 0.6 is 0 Å². The van der Waals surface area contributed by atoms with Crippen molar-refractivity contribution in [2.45, 2.75) is 6.92 Å². The maximum Gasteiger partial charge on any atom is 0.352 e. The number of nitro groups is 1. The predicted molar refractivity (Wildman–Crippen MR) is 64.8 cm³/mol. The Morgan fingerprint density at radius 1 is 1.37 bits per heavy atom. The van der Waals surface area contributed by atoms with E-state index in [1.807, 2.05) is 0 Å². The van der Waals surface area contributed by atoms with Crippen molar-refractivity contribution in [2.75, 3.05) is 5.32 Å². The van der Waals surface area contributed by atoms with Gasteiger partial charge in [0.15, 0.2) is 0 Å². The van der Waals surface area contributed by atoms with Crippen LogP contribution in [-0.2, 0) is 9.59 Å². The lowest BCUT2D eigenvalue weighted by Gasteiger charge is -2.09. The molecule has 19 heavy (non-hydrogen) atoms. The van der Waals surface area contributed by atoms with Crippen LogP contribution in [0.4, 0.5) is 11.4 Å². The Hall–Kier alpha value is -2.90. The van der Waals surface area contributed by atoms with E-state index in [1.54, 1.807) is 0 Å². The molecule has 0 unspecified atom stereocenters. The van der Waals surface area contributed by atoms with Gasteiger partial charge in [-0.2, -0.15) is 0 Å². The number of nitrogens with zero attached hydrogens (tertiary/aromatic N) is 1. The van der Waals surface area contributed by atoms with Gasteiger partial charge < -0.3 is 15.5 Å². The third kappa shape index (κ3) is 3.53. The van der Waals surface area contributed by atoms with Crippen LogP contribution in [0.3, 0.4) is 0 Å². The van der Waals surface area contributed by atoms with Gasteiger partial charge in [-0.05, 0) is 13.0 Å². The first-order valence-electron chi connectivity index (χ1n) is 5.02. The van der Waals surface area contributed by atoms with Gasteiger partial charge >= 0.3 is 11.9 Å². The summed E-state index contributed by atoms with van der Waals surface area (Å²) in [5.74, 6) is -2.92. The molecule has 0 bridgehead atoms. The highest BCUT2D eigenvalue weighted by Crippen LogP contribution is 2.26. The van der Waals surface area contributed by atoms with E-state index in [0.29, 0.717) is 6.08 Å². The average molecular weight is 266 g/mol. The first-order valence-corrected chi connectivity index (χ1v) is 5.02. The Kier molecular flexibility index (Phi) is 4.19. The predicted octanol–water partition coefficient (Wildman–Crippen LogP) is 1.37. The van der Waals surface area contributed by atoms with Crippen molar-refractivity contribution in [1.29, 1.82) is 0 Å². The maximum absolute atomic E-state index is 10.8. The summed E-state index contributed by atoms with van der Waals surface area (Å²) in [6.45, 7) is 1.43. The largest absolute Gasteiger partial charge is 0.478 e. The monoisotopic (exact) mass is 266 g/mol. The molecule has 8 nitrogen and oxygen atoms in total. The van der Waals surface area contributed by atoms with Gasteiger partial charge in [-0.3, -0.25) is 10.1 Å². The molecule has 0 saturated carbocycles. The van der Waals surface area contributed by atoms with Crippen LogP contribution in [0, 0.1) is 17.0 Å². The molecule has 0 spiro atoms. The molecule has 8 heteroatoms. The molecule has 0 heterocycles. The third-order valence-electron chi connectivity index (χ3n) is 2.27. The molecule has 1 rings (SSSR count). The molecule has 0 aliphatic heterocycles. The molecule has 1 aromatic carbocycles. The van der Waals surface area contributed by atoms with Crippen LogP contribution in [0.2, 0.25) is 0 Å². The lowest BCUT2D eigenvalue weighted by atomic mass is 10.1. The van der Waals surface area contributed by atoms with Crippen LogP contribution in [0.15, 0.2) is 30.0 Å². The number of carbonyl (C=O) groups is 2. The summed E-state index contributed by atoms with van der Waals surface area (Å²) < 4.78 is 0. The minimum atomic E-state index is -1.48. The molecular weight excluding hydrogens is 256 g/mol. The standard InChI is InChI=1S/C11H10N2O6/c1-6-7(3-2-4-9(6)13(18)19)12-8(11(16)17)5-10(14)15/h2-5,12H,1H3,(H,14,15)(H,16,17). The van der Waals surface area contributed by atoms with Crippen molar-refractivity contribution in [1.82, 2.24) is 0 Å². The van der Waals surface area contributed by atoms with Crippen molar-refractivity contribution < 1.29 is 24.7 Å². The minimum Gasteiger partial charge on any atom is -0.478 e. The first-order chi connectivity index (χ1) is 8.82. The van der Waals surface area contributed by atoms with E-state index in [2.05, 4.69) is 5.32 Å². The van der Waals surface area contributed by atoms with Crippen molar-refractivity contribution in [3.63, 3.8) is 0 Å². The van der Waals surface area contributed by atoms with Gasteiger partial charge in [0.1, 0.15) is 5.70 Å². The Balaban J connectivity index is 3.18. The Bertz CT molecular complexity index is 579. The molecule has 0 saturated heterocycles. The van der Waals surface area contributed by atoms with Crippen LogP contribution in [0.1, 0.15) is 5.56 Å². The maximum atomic E-state index is 10.8. The van der Waals surface area contributed by atoms with Crippen molar-refractivity contribution >= 4 is 23.3 Å². The highest BCUT2D eigenvalue weighted by Gasteiger charge is 2.16. The number of hydrogen-bond acceptors (Lipinski definition) is 5. The molecular formula is C11H10N2O6. The van der Waals surface area contributed by atoms with Crippen LogP contribution in [0.5, 0.6) is 0 Å². The number of hydrogen-bond donors (Lipinski definition) is 3. The summed E-state index contributed by atoms with van der Waals surface area (Å²) >= 11 is 0. The second-order valence-corrected chi connectivity index (χ2v) is 3.53. The lowest BCUT2D eigenvalue weighted by molar-refractivity contribution is -0.385. The SMILES string of the molecule is Cc1c(NC(=CC(=O)O)C(=O)O)cccc1[N+](=O)[O-]. The highest BCUT2D eigenvalue weighted by atomic mass is 16.6. The van der Waals surface area contributed by atoms with Crippen LogP contribution < -0.4 is 5.32 Å². The smallest absolute Gasteiger partial charge is 0.352 e. The molecule has 0 aliphatic rings. The fraction of sp³-hybridized carbons (Fsp3) is 0.0909. The number of benzene rings is 1. The Labute approximate surface area is 107 Å². The second-order valence-electron chi connectivity index (χ2n) is 3.53. The quantitative estimate of drug-likeness (QED) is 0.416. The number of rotatable bonds is 5. The molecule has 0 aromatic heterocycles.